The van der Waals surface area contributed by atoms with Gasteiger partial charge in [-0.1, -0.05) is 24.3 Å². The molecular weight excluding hydrogens is 280 g/mol. The topological polar surface area (TPSA) is 45.1 Å². The van der Waals surface area contributed by atoms with Crippen LogP contribution < -0.4 is 5.32 Å². The second kappa shape index (κ2) is 8.27. The number of nitrogens with zero attached hydrogens (tertiary/aromatic N) is 1. The molecule has 0 spiro atoms. The summed E-state index contributed by atoms with van der Waals surface area (Å²) in [4.78, 5) is 4.48. The Morgan fingerprint density at radius 1 is 1.33 bits per heavy atom. The molecular formula is C17H24N2OS. The highest BCUT2D eigenvalue weighted by Gasteiger charge is 2.05. The standard InChI is InChI=1S/C17H24N2OS/c1-13-12-21-17(19-13)8-3-4-9-18-14(2)16-7-5-6-15(10-16)11-20/h5-7,10,12,14,18,20H,3-4,8-9,11H2,1-2H3. The third-order valence-corrected chi connectivity index (χ3v) is 4.59. The molecule has 0 bridgehead atoms. The predicted octanol–water partition coefficient (Wildman–Crippen LogP) is 3.62. The van der Waals surface area contributed by atoms with Gasteiger partial charge in [-0.2, -0.15) is 0 Å². The Bertz CT molecular complexity index is 553. The first-order valence-corrected chi connectivity index (χ1v) is 8.41. The van der Waals surface area contributed by atoms with Crippen LogP contribution in [-0.2, 0) is 13.0 Å². The first-order chi connectivity index (χ1) is 10.2. The fourth-order valence-corrected chi connectivity index (χ4v) is 3.13. The molecule has 0 radical (unpaired) electrons. The number of aliphatic hydroxyl groups excluding tert-OH is 1. The van der Waals surface area contributed by atoms with Gasteiger partial charge in [0.2, 0.25) is 0 Å². The minimum absolute atomic E-state index is 0.105. The van der Waals surface area contributed by atoms with Gasteiger partial charge in [-0.05, 0) is 50.8 Å². The maximum Gasteiger partial charge on any atom is 0.0928 e. The summed E-state index contributed by atoms with van der Waals surface area (Å²) in [7, 11) is 0. The highest BCUT2D eigenvalue weighted by Crippen LogP contribution is 2.15. The SMILES string of the molecule is Cc1csc(CCCCNC(C)c2cccc(CO)c2)n1. The molecule has 0 saturated heterocycles. The van der Waals surface area contributed by atoms with E-state index in [9.17, 15) is 5.11 Å². The maximum absolute atomic E-state index is 9.17. The first kappa shape index (κ1) is 16.1. The van der Waals surface area contributed by atoms with E-state index in [1.54, 1.807) is 11.3 Å². The molecule has 2 N–H and O–H groups in total. The number of aryl methyl sites for hydroxylation is 2. The van der Waals surface area contributed by atoms with Crippen LogP contribution in [-0.4, -0.2) is 16.6 Å². The zero-order valence-electron chi connectivity index (χ0n) is 12.8. The maximum atomic E-state index is 9.17. The van der Waals surface area contributed by atoms with Gasteiger partial charge in [0.1, 0.15) is 0 Å². The molecule has 0 aliphatic heterocycles. The molecule has 0 fully saturated rings. The third kappa shape index (κ3) is 5.23. The number of hydrogen-bond acceptors (Lipinski definition) is 4. The van der Waals surface area contributed by atoms with Crippen molar-refractivity contribution in [2.75, 3.05) is 6.54 Å². The first-order valence-electron chi connectivity index (χ1n) is 7.53. The predicted molar refractivity (Wildman–Crippen MR) is 88.6 cm³/mol. The molecule has 2 rings (SSSR count). The fraction of sp³-hybridized carbons (Fsp3) is 0.471. The average Bonchev–Trinajstić information content (AvgIpc) is 2.92. The van der Waals surface area contributed by atoms with Crippen molar-refractivity contribution in [3.8, 4) is 0 Å². The summed E-state index contributed by atoms with van der Waals surface area (Å²) in [5, 5.41) is 16.1. The van der Waals surface area contributed by atoms with Crippen molar-refractivity contribution in [3.63, 3.8) is 0 Å². The van der Waals surface area contributed by atoms with Crippen LogP contribution in [0, 0.1) is 6.92 Å². The van der Waals surface area contributed by atoms with Crippen molar-refractivity contribution >= 4 is 11.3 Å². The molecule has 0 aliphatic rings. The molecule has 3 nitrogen and oxygen atoms in total. The normalized spacial score (nSPS) is 12.5. The Labute approximate surface area is 131 Å². The van der Waals surface area contributed by atoms with Gasteiger partial charge >= 0.3 is 0 Å². The molecule has 21 heavy (non-hydrogen) atoms. The van der Waals surface area contributed by atoms with Crippen LogP contribution in [0.2, 0.25) is 0 Å². The highest BCUT2D eigenvalue weighted by atomic mass is 32.1. The molecule has 0 amide bonds. The van der Waals surface area contributed by atoms with E-state index in [-0.39, 0.29) is 6.61 Å². The van der Waals surface area contributed by atoms with Crippen LogP contribution in [0.25, 0.3) is 0 Å². The number of aliphatic hydroxyl groups is 1. The van der Waals surface area contributed by atoms with Gasteiger partial charge in [0, 0.05) is 17.1 Å². The molecule has 2 aromatic rings. The van der Waals surface area contributed by atoms with Crippen LogP contribution in [0.15, 0.2) is 29.6 Å². The minimum Gasteiger partial charge on any atom is -0.392 e. The zero-order valence-corrected chi connectivity index (χ0v) is 13.6. The summed E-state index contributed by atoms with van der Waals surface area (Å²) in [5.41, 5.74) is 3.34. The molecule has 1 atom stereocenters. The van der Waals surface area contributed by atoms with Gasteiger partial charge in [0.25, 0.3) is 0 Å². The van der Waals surface area contributed by atoms with Gasteiger partial charge in [0.15, 0.2) is 0 Å². The van der Waals surface area contributed by atoms with Gasteiger partial charge in [-0.15, -0.1) is 11.3 Å². The Hall–Kier alpha value is -1.23. The molecule has 114 valence electrons. The van der Waals surface area contributed by atoms with Crippen molar-refractivity contribution in [2.24, 2.45) is 0 Å². The second-order valence-corrected chi connectivity index (χ2v) is 6.36. The molecule has 0 aliphatic carbocycles. The lowest BCUT2D eigenvalue weighted by molar-refractivity contribution is 0.281. The van der Waals surface area contributed by atoms with Crippen LogP contribution in [0.5, 0.6) is 0 Å². The molecule has 1 aromatic heterocycles. The lowest BCUT2D eigenvalue weighted by Crippen LogP contribution is -2.20. The number of benzene rings is 1. The van der Waals surface area contributed by atoms with E-state index < -0.39 is 0 Å². The number of rotatable bonds is 8. The molecule has 1 aromatic carbocycles. The van der Waals surface area contributed by atoms with E-state index in [4.69, 9.17) is 0 Å². The Balaban J connectivity index is 1.68. The van der Waals surface area contributed by atoms with E-state index in [2.05, 4.69) is 34.7 Å². The molecule has 4 heteroatoms. The summed E-state index contributed by atoms with van der Waals surface area (Å²) in [6.07, 6.45) is 3.40. The number of thiazole rings is 1. The molecule has 1 heterocycles. The van der Waals surface area contributed by atoms with Crippen LogP contribution in [0.3, 0.4) is 0 Å². The van der Waals surface area contributed by atoms with Gasteiger partial charge in [0.05, 0.1) is 11.6 Å². The lowest BCUT2D eigenvalue weighted by Gasteiger charge is -2.15. The summed E-state index contributed by atoms with van der Waals surface area (Å²) >= 11 is 1.76. The third-order valence-electron chi connectivity index (χ3n) is 3.57. The van der Waals surface area contributed by atoms with Crippen molar-refractivity contribution in [3.05, 3.63) is 51.5 Å². The monoisotopic (exact) mass is 304 g/mol. The highest BCUT2D eigenvalue weighted by molar-refractivity contribution is 7.09. The van der Waals surface area contributed by atoms with Crippen molar-refractivity contribution in [1.82, 2.24) is 10.3 Å². The molecule has 1 unspecified atom stereocenters. The lowest BCUT2D eigenvalue weighted by atomic mass is 10.1. The quantitative estimate of drug-likeness (QED) is 0.732. The average molecular weight is 304 g/mol. The van der Waals surface area contributed by atoms with Crippen LogP contribution in [0.4, 0.5) is 0 Å². The van der Waals surface area contributed by atoms with E-state index in [1.807, 2.05) is 19.1 Å². The summed E-state index contributed by atoms with van der Waals surface area (Å²) in [6, 6.07) is 8.44. The van der Waals surface area contributed by atoms with Crippen LogP contribution >= 0.6 is 11.3 Å². The minimum atomic E-state index is 0.105. The van der Waals surface area contributed by atoms with Gasteiger partial charge in [-0.25, -0.2) is 4.98 Å². The number of unbranched alkanes of at least 4 members (excludes halogenated alkanes) is 1. The smallest absolute Gasteiger partial charge is 0.0928 e. The van der Waals surface area contributed by atoms with Gasteiger partial charge in [-0.3, -0.25) is 0 Å². The fourth-order valence-electron chi connectivity index (χ4n) is 2.32. The number of nitrogens with one attached hydrogen (secondary N) is 1. The summed E-state index contributed by atoms with van der Waals surface area (Å²) in [6.45, 7) is 5.33. The largest absolute Gasteiger partial charge is 0.392 e. The van der Waals surface area contributed by atoms with E-state index in [0.717, 1.165) is 30.6 Å². The van der Waals surface area contributed by atoms with Gasteiger partial charge < -0.3 is 10.4 Å². The molecule has 0 saturated carbocycles. The van der Waals surface area contributed by atoms with Crippen molar-refractivity contribution < 1.29 is 5.11 Å². The number of aromatic nitrogens is 1. The number of hydrogen-bond donors (Lipinski definition) is 2. The van der Waals surface area contributed by atoms with Crippen LogP contribution in [0.1, 0.15) is 47.6 Å². The van der Waals surface area contributed by atoms with E-state index in [0.29, 0.717) is 6.04 Å². The second-order valence-electron chi connectivity index (χ2n) is 5.42. The summed E-state index contributed by atoms with van der Waals surface area (Å²) in [5.74, 6) is 0. The van der Waals surface area contributed by atoms with E-state index in [1.165, 1.54) is 17.0 Å². The van der Waals surface area contributed by atoms with Crippen molar-refractivity contribution in [1.29, 1.82) is 0 Å². The summed E-state index contributed by atoms with van der Waals surface area (Å²) < 4.78 is 0. The van der Waals surface area contributed by atoms with Crippen molar-refractivity contribution in [2.45, 2.75) is 45.8 Å². The Kier molecular flexibility index (Phi) is 6.36. The zero-order chi connectivity index (χ0) is 15.1. The Morgan fingerprint density at radius 3 is 2.90 bits per heavy atom. The van der Waals surface area contributed by atoms with E-state index >= 15 is 0 Å². The Morgan fingerprint density at radius 2 is 2.19 bits per heavy atom.